The average molecular weight is 322 g/mol. The molecule has 3 rings (SSSR count). The molecule has 2 amide bonds. The lowest BCUT2D eigenvalue weighted by Crippen LogP contribution is -2.38. The predicted molar refractivity (Wildman–Crippen MR) is 80.2 cm³/mol. The fourth-order valence-corrected chi connectivity index (χ4v) is 2.87. The summed E-state index contributed by atoms with van der Waals surface area (Å²) in [6.45, 7) is 0.669. The summed E-state index contributed by atoms with van der Waals surface area (Å²) in [5, 5.41) is 13.3. The van der Waals surface area contributed by atoms with Crippen LogP contribution in [0.4, 0.5) is 14.3 Å². The molecule has 1 fully saturated rings. The van der Waals surface area contributed by atoms with E-state index in [0.29, 0.717) is 11.7 Å². The quantitative estimate of drug-likeness (QED) is 0.907. The maximum atomic E-state index is 13.1. The lowest BCUT2D eigenvalue weighted by Gasteiger charge is -2.24. The van der Waals surface area contributed by atoms with Gasteiger partial charge >= 0.3 is 6.03 Å². The lowest BCUT2D eigenvalue weighted by molar-refractivity contribution is 0.0815. The molecule has 0 radical (unpaired) electrons. The van der Waals surface area contributed by atoms with Crippen molar-refractivity contribution < 1.29 is 13.9 Å². The molecule has 1 aromatic carbocycles. The molecule has 1 aromatic heterocycles. The van der Waals surface area contributed by atoms with Gasteiger partial charge in [0.05, 0.1) is 12.1 Å². The zero-order valence-corrected chi connectivity index (χ0v) is 12.5. The van der Waals surface area contributed by atoms with Gasteiger partial charge in [-0.2, -0.15) is 0 Å². The molecule has 2 heterocycles. The maximum Gasteiger partial charge on any atom is 0.321 e. The smallest absolute Gasteiger partial charge is 0.321 e. The van der Waals surface area contributed by atoms with Gasteiger partial charge in [0.15, 0.2) is 0 Å². The van der Waals surface area contributed by atoms with Gasteiger partial charge in [0.25, 0.3) is 0 Å². The van der Waals surface area contributed by atoms with Crippen LogP contribution in [0.15, 0.2) is 29.8 Å². The van der Waals surface area contributed by atoms with Crippen LogP contribution in [0.5, 0.6) is 0 Å². The minimum absolute atomic E-state index is 0.120. The van der Waals surface area contributed by atoms with Crippen LogP contribution < -0.4 is 10.6 Å². The Balaban J connectivity index is 1.73. The van der Waals surface area contributed by atoms with Crippen molar-refractivity contribution in [2.24, 2.45) is 0 Å². The first-order valence-electron chi connectivity index (χ1n) is 6.93. The summed E-state index contributed by atoms with van der Waals surface area (Å²) in [5.41, 5.74) is 2.34. The van der Waals surface area contributed by atoms with E-state index in [1.807, 2.05) is 0 Å². The van der Waals surface area contributed by atoms with E-state index in [2.05, 4.69) is 20.8 Å². The Bertz CT molecular complexity index is 614. The summed E-state index contributed by atoms with van der Waals surface area (Å²) >= 11 is 1.23. The second kappa shape index (κ2) is 6.80. The zero-order valence-electron chi connectivity index (χ0n) is 11.7. The molecular weight excluding hydrogens is 307 g/mol. The number of hydrogen-bond donors (Lipinski definition) is 2. The molecule has 8 heteroatoms. The van der Waals surface area contributed by atoms with Gasteiger partial charge in [0.1, 0.15) is 11.3 Å². The van der Waals surface area contributed by atoms with Crippen LogP contribution in [-0.4, -0.2) is 28.9 Å². The Morgan fingerprint density at radius 2 is 2.23 bits per heavy atom. The summed E-state index contributed by atoms with van der Waals surface area (Å²) in [7, 11) is 0. The molecule has 22 heavy (non-hydrogen) atoms. The van der Waals surface area contributed by atoms with Gasteiger partial charge < -0.3 is 10.1 Å². The zero-order chi connectivity index (χ0) is 15.4. The molecule has 0 saturated carbocycles. The van der Waals surface area contributed by atoms with E-state index >= 15 is 0 Å². The fraction of sp³-hybridized carbons (Fsp3) is 0.357. The molecule has 6 nitrogen and oxygen atoms in total. The Morgan fingerprint density at radius 1 is 1.41 bits per heavy atom. The first-order chi connectivity index (χ1) is 10.7. The molecule has 2 aromatic rings. The van der Waals surface area contributed by atoms with Crippen molar-refractivity contribution in [1.82, 2.24) is 15.5 Å². The number of nitrogens with one attached hydrogen (secondary N) is 2. The van der Waals surface area contributed by atoms with Gasteiger partial charge in [-0.25, -0.2) is 9.18 Å². The van der Waals surface area contributed by atoms with Gasteiger partial charge in [0, 0.05) is 6.61 Å². The first-order valence-corrected chi connectivity index (χ1v) is 7.81. The second-order valence-electron chi connectivity index (χ2n) is 4.92. The van der Waals surface area contributed by atoms with E-state index in [1.165, 1.54) is 29.0 Å². The molecule has 1 aliphatic heterocycles. The third-order valence-electron chi connectivity index (χ3n) is 3.43. The van der Waals surface area contributed by atoms with Crippen LogP contribution in [-0.2, 0) is 4.74 Å². The molecular formula is C14H15FN4O2S. The second-order valence-corrected chi connectivity index (χ2v) is 5.76. The number of amides is 2. The van der Waals surface area contributed by atoms with Crippen molar-refractivity contribution in [3.05, 3.63) is 41.2 Å². The molecule has 1 saturated heterocycles. The lowest BCUT2D eigenvalue weighted by atomic mass is 9.99. The summed E-state index contributed by atoms with van der Waals surface area (Å²) in [6.07, 6.45) is 1.68. The number of nitrogens with zero attached hydrogens (tertiary/aromatic N) is 2. The van der Waals surface area contributed by atoms with E-state index in [0.717, 1.165) is 18.4 Å². The molecule has 0 bridgehead atoms. The number of anilines is 1. The van der Waals surface area contributed by atoms with Gasteiger partial charge in [-0.3, -0.25) is 5.32 Å². The van der Waals surface area contributed by atoms with Crippen LogP contribution in [0.1, 0.15) is 24.4 Å². The summed E-state index contributed by atoms with van der Waals surface area (Å²) < 4.78 is 18.8. The third-order valence-corrected chi connectivity index (χ3v) is 4.04. The van der Waals surface area contributed by atoms with Gasteiger partial charge in [-0.05, 0) is 30.5 Å². The van der Waals surface area contributed by atoms with Crippen molar-refractivity contribution >= 4 is 22.5 Å². The van der Waals surface area contributed by atoms with Crippen molar-refractivity contribution in [2.75, 3.05) is 11.9 Å². The number of carbonyl (C=O) groups is 1. The summed E-state index contributed by atoms with van der Waals surface area (Å²) in [4.78, 5) is 12.1. The standard InChI is InChI=1S/C14H15FN4O2S/c15-10-5-3-9(4-6-10)12(11-2-1-7-21-11)17-13(20)18-14-19-16-8-22-14/h3-6,8,11-12H,1-2,7H2,(H2,17,18,19,20)/t11-,12-/m0/s1. The van der Waals surface area contributed by atoms with Crippen LogP contribution in [0.3, 0.4) is 0 Å². The van der Waals surface area contributed by atoms with Gasteiger partial charge in [-0.15, -0.1) is 10.2 Å². The third kappa shape index (κ3) is 3.58. The van der Waals surface area contributed by atoms with Crippen molar-refractivity contribution in [1.29, 1.82) is 0 Å². The molecule has 0 unspecified atom stereocenters. The van der Waals surface area contributed by atoms with Crippen LogP contribution >= 0.6 is 11.3 Å². The van der Waals surface area contributed by atoms with Gasteiger partial charge in [-0.1, -0.05) is 23.5 Å². The van der Waals surface area contributed by atoms with Crippen LogP contribution in [0.2, 0.25) is 0 Å². The van der Waals surface area contributed by atoms with Crippen LogP contribution in [0.25, 0.3) is 0 Å². The van der Waals surface area contributed by atoms with Crippen molar-refractivity contribution in [3.8, 4) is 0 Å². The monoisotopic (exact) mass is 322 g/mol. The Hall–Kier alpha value is -2.06. The Kier molecular flexibility index (Phi) is 4.59. The predicted octanol–water partition coefficient (Wildman–Crippen LogP) is 2.72. The molecule has 0 aliphatic carbocycles. The molecule has 2 atom stereocenters. The topological polar surface area (TPSA) is 76.1 Å². The van der Waals surface area contributed by atoms with E-state index < -0.39 is 0 Å². The van der Waals surface area contributed by atoms with Crippen molar-refractivity contribution in [2.45, 2.75) is 25.0 Å². The number of ether oxygens (including phenoxy) is 1. The van der Waals surface area contributed by atoms with Crippen molar-refractivity contribution in [3.63, 3.8) is 0 Å². The Labute approximate surface area is 130 Å². The average Bonchev–Trinajstić information content (AvgIpc) is 3.19. The summed E-state index contributed by atoms with van der Waals surface area (Å²) in [5.74, 6) is -0.312. The highest BCUT2D eigenvalue weighted by Gasteiger charge is 2.29. The Morgan fingerprint density at radius 3 is 2.86 bits per heavy atom. The maximum absolute atomic E-state index is 13.1. The largest absolute Gasteiger partial charge is 0.376 e. The normalized spacial score (nSPS) is 18.9. The number of carbonyl (C=O) groups excluding carboxylic acids is 1. The molecule has 1 aliphatic rings. The molecule has 116 valence electrons. The van der Waals surface area contributed by atoms with E-state index in [9.17, 15) is 9.18 Å². The fourth-order valence-electron chi connectivity index (χ4n) is 2.43. The SMILES string of the molecule is O=C(Nc1nncs1)N[C@@H](c1ccc(F)cc1)[C@@H]1CCCO1. The highest BCUT2D eigenvalue weighted by molar-refractivity contribution is 7.13. The number of hydrogen-bond acceptors (Lipinski definition) is 5. The number of benzene rings is 1. The van der Waals surface area contributed by atoms with Gasteiger partial charge in [0.2, 0.25) is 5.13 Å². The minimum atomic E-state index is -0.387. The molecule has 0 spiro atoms. The van der Waals surface area contributed by atoms with E-state index in [1.54, 1.807) is 12.1 Å². The first kappa shape index (κ1) is 14.9. The molecule has 2 N–H and O–H groups in total. The minimum Gasteiger partial charge on any atom is -0.376 e. The number of aromatic nitrogens is 2. The van der Waals surface area contributed by atoms with Crippen LogP contribution in [0, 0.1) is 5.82 Å². The van der Waals surface area contributed by atoms with E-state index in [-0.39, 0.29) is 24.0 Å². The number of rotatable bonds is 4. The summed E-state index contributed by atoms with van der Waals surface area (Å²) in [6, 6.07) is 5.35. The highest BCUT2D eigenvalue weighted by atomic mass is 32.1. The number of urea groups is 1. The highest BCUT2D eigenvalue weighted by Crippen LogP contribution is 2.27. The number of halogens is 1. The van der Waals surface area contributed by atoms with E-state index in [4.69, 9.17) is 4.74 Å².